The van der Waals surface area contributed by atoms with Crippen molar-refractivity contribution < 1.29 is 4.79 Å². The molecule has 1 saturated heterocycles. The van der Waals surface area contributed by atoms with Crippen molar-refractivity contribution in [3.8, 4) is 11.8 Å². The lowest BCUT2D eigenvalue weighted by Gasteiger charge is -2.30. The summed E-state index contributed by atoms with van der Waals surface area (Å²) >= 11 is 11.8. The van der Waals surface area contributed by atoms with Crippen molar-refractivity contribution in [1.82, 2.24) is 10.2 Å². The summed E-state index contributed by atoms with van der Waals surface area (Å²) in [5.74, 6) is 5.97. The second-order valence-electron chi connectivity index (χ2n) is 5.39. The van der Waals surface area contributed by atoms with Crippen LogP contribution in [0.5, 0.6) is 0 Å². The van der Waals surface area contributed by atoms with Gasteiger partial charge in [-0.15, -0.1) is 0 Å². The van der Waals surface area contributed by atoms with E-state index in [0.717, 1.165) is 18.4 Å². The molecule has 1 unspecified atom stereocenters. The number of likely N-dealkylation sites (tertiary alicyclic amines) is 1. The minimum Gasteiger partial charge on any atom is -0.328 e. The maximum Gasteiger partial charge on any atom is 0.318 e. The molecule has 0 aromatic heterocycles. The van der Waals surface area contributed by atoms with Crippen molar-refractivity contribution in [1.29, 1.82) is 0 Å². The van der Waals surface area contributed by atoms with E-state index in [9.17, 15) is 4.79 Å². The fraction of sp³-hybridized carbons (Fsp3) is 0.438. The summed E-state index contributed by atoms with van der Waals surface area (Å²) in [6, 6.07) is 5.06. The Bertz CT molecular complexity index is 601. The first-order valence-corrected chi connectivity index (χ1v) is 7.99. The van der Waals surface area contributed by atoms with Gasteiger partial charge in [-0.2, -0.15) is 0 Å². The van der Waals surface area contributed by atoms with Crippen molar-refractivity contribution in [3.63, 3.8) is 0 Å². The molecule has 1 aromatic rings. The average molecular weight is 340 g/mol. The van der Waals surface area contributed by atoms with Crippen LogP contribution in [0.4, 0.5) is 4.79 Å². The maximum atomic E-state index is 12.1. The molecular weight excluding hydrogens is 321 g/mol. The predicted octanol–water partition coefficient (Wildman–Crippen LogP) is 2.87. The summed E-state index contributed by atoms with van der Waals surface area (Å²) in [4.78, 5) is 13.9. The van der Waals surface area contributed by atoms with Gasteiger partial charge in [0.15, 0.2) is 0 Å². The number of nitrogens with zero attached hydrogens (tertiary/aromatic N) is 1. The third-order valence-electron chi connectivity index (χ3n) is 3.52. The molecular formula is C16H19Cl2N3O. The Morgan fingerprint density at radius 3 is 2.68 bits per heavy atom. The van der Waals surface area contributed by atoms with Gasteiger partial charge in [0.2, 0.25) is 0 Å². The van der Waals surface area contributed by atoms with Crippen LogP contribution in [0.15, 0.2) is 18.2 Å². The van der Waals surface area contributed by atoms with Gasteiger partial charge in [0.25, 0.3) is 0 Å². The van der Waals surface area contributed by atoms with Crippen molar-refractivity contribution >= 4 is 29.2 Å². The number of benzene rings is 1. The van der Waals surface area contributed by atoms with Gasteiger partial charge in [-0.1, -0.05) is 35.0 Å². The number of urea groups is 1. The lowest BCUT2D eigenvalue weighted by molar-refractivity contribution is 0.180. The molecule has 0 aliphatic carbocycles. The molecule has 1 atom stereocenters. The first kappa shape index (κ1) is 17.0. The average Bonchev–Trinajstić information content (AvgIpc) is 2.49. The van der Waals surface area contributed by atoms with Gasteiger partial charge in [-0.25, -0.2) is 4.79 Å². The van der Waals surface area contributed by atoms with Crippen LogP contribution in [0.25, 0.3) is 0 Å². The molecule has 1 heterocycles. The van der Waals surface area contributed by atoms with E-state index in [4.69, 9.17) is 28.9 Å². The highest BCUT2D eigenvalue weighted by molar-refractivity contribution is 6.42. The number of carbonyl (C=O) groups excluding carboxylic acids is 1. The van der Waals surface area contributed by atoms with E-state index in [-0.39, 0.29) is 18.1 Å². The quantitative estimate of drug-likeness (QED) is 0.773. The fourth-order valence-corrected chi connectivity index (χ4v) is 2.48. The van der Waals surface area contributed by atoms with E-state index >= 15 is 0 Å². The lowest BCUT2D eigenvalue weighted by atomic mass is 10.1. The van der Waals surface area contributed by atoms with Gasteiger partial charge in [0.05, 0.1) is 16.1 Å². The fourth-order valence-electron chi connectivity index (χ4n) is 2.18. The van der Waals surface area contributed by atoms with Crippen LogP contribution in [-0.2, 0) is 0 Å². The number of carbonyl (C=O) groups is 1. The van der Waals surface area contributed by atoms with Crippen LogP contribution in [0.1, 0.15) is 25.3 Å². The van der Waals surface area contributed by atoms with Crippen LogP contribution >= 0.6 is 23.2 Å². The number of rotatable bonds is 1. The van der Waals surface area contributed by atoms with E-state index in [2.05, 4.69) is 17.2 Å². The van der Waals surface area contributed by atoms with Crippen molar-refractivity contribution in [2.45, 2.75) is 31.8 Å². The highest BCUT2D eigenvalue weighted by Crippen LogP contribution is 2.22. The molecule has 1 aliphatic rings. The Morgan fingerprint density at radius 1 is 1.36 bits per heavy atom. The number of piperidine rings is 1. The highest BCUT2D eigenvalue weighted by Gasteiger charge is 2.20. The van der Waals surface area contributed by atoms with Gasteiger partial charge in [0.1, 0.15) is 0 Å². The van der Waals surface area contributed by atoms with E-state index in [0.29, 0.717) is 23.1 Å². The SMILES string of the molecule is CC(C#Cc1ccc(Cl)c(Cl)c1)NC(=O)N1CCC(N)CC1. The number of amides is 2. The monoisotopic (exact) mass is 339 g/mol. The normalized spacial score (nSPS) is 16.6. The first-order valence-electron chi connectivity index (χ1n) is 7.23. The third-order valence-corrected chi connectivity index (χ3v) is 4.26. The Hall–Kier alpha value is -1.41. The highest BCUT2D eigenvalue weighted by atomic mass is 35.5. The van der Waals surface area contributed by atoms with Crippen LogP contribution in [0, 0.1) is 11.8 Å². The number of nitrogens with two attached hydrogens (primary N) is 1. The summed E-state index contributed by atoms with van der Waals surface area (Å²) in [5, 5.41) is 3.84. The van der Waals surface area contributed by atoms with Crippen LogP contribution in [0.2, 0.25) is 10.0 Å². The summed E-state index contributed by atoms with van der Waals surface area (Å²) in [7, 11) is 0. The van der Waals surface area contributed by atoms with E-state index in [1.165, 1.54) is 0 Å². The largest absolute Gasteiger partial charge is 0.328 e. The molecule has 3 N–H and O–H groups in total. The molecule has 2 amide bonds. The Balaban J connectivity index is 1.90. The maximum absolute atomic E-state index is 12.1. The van der Waals surface area contributed by atoms with Crippen LogP contribution < -0.4 is 11.1 Å². The molecule has 118 valence electrons. The second kappa shape index (κ2) is 7.73. The molecule has 4 nitrogen and oxygen atoms in total. The third kappa shape index (κ3) is 4.81. The second-order valence-corrected chi connectivity index (χ2v) is 6.21. The van der Waals surface area contributed by atoms with Gasteiger partial charge in [-0.05, 0) is 38.0 Å². The summed E-state index contributed by atoms with van der Waals surface area (Å²) in [6.07, 6.45) is 1.69. The summed E-state index contributed by atoms with van der Waals surface area (Å²) in [6.45, 7) is 3.23. The molecule has 2 rings (SSSR count). The number of nitrogens with one attached hydrogen (secondary N) is 1. The van der Waals surface area contributed by atoms with Gasteiger partial charge in [-0.3, -0.25) is 0 Å². The number of halogens is 2. The van der Waals surface area contributed by atoms with Gasteiger partial charge in [0, 0.05) is 24.7 Å². The van der Waals surface area contributed by atoms with E-state index < -0.39 is 0 Å². The Labute approximate surface area is 140 Å². The predicted molar refractivity (Wildman–Crippen MR) is 90.1 cm³/mol. The molecule has 6 heteroatoms. The summed E-state index contributed by atoms with van der Waals surface area (Å²) in [5.41, 5.74) is 6.60. The molecule has 0 spiro atoms. The molecule has 22 heavy (non-hydrogen) atoms. The molecule has 1 fully saturated rings. The van der Waals surface area contributed by atoms with Crippen LogP contribution in [-0.4, -0.2) is 36.1 Å². The molecule has 1 aliphatic heterocycles. The minimum absolute atomic E-state index is 0.0946. The topological polar surface area (TPSA) is 58.4 Å². The molecule has 0 saturated carbocycles. The zero-order valence-electron chi connectivity index (χ0n) is 12.4. The molecule has 1 aromatic carbocycles. The van der Waals surface area contributed by atoms with E-state index in [1.807, 2.05) is 6.92 Å². The lowest BCUT2D eigenvalue weighted by Crippen LogP contribution is -2.49. The van der Waals surface area contributed by atoms with Gasteiger partial charge >= 0.3 is 6.03 Å². The van der Waals surface area contributed by atoms with Gasteiger partial charge < -0.3 is 16.0 Å². The number of hydrogen-bond acceptors (Lipinski definition) is 2. The molecule has 0 bridgehead atoms. The Kier molecular flexibility index (Phi) is 5.96. The zero-order valence-corrected chi connectivity index (χ0v) is 13.9. The van der Waals surface area contributed by atoms with Crippen molar-refractivity contribution in [3.05, 3.63) is 33.8 Å². The van der Waals surface area contributed by atoms with E-state index in [1.54, 1.807) is 23.1 Å². The van der Waals surface area contributed by atoms with Crippen molar-refractivity contribution in [2.75, 3.05) is 13.1 Å². The number of hydrogen-bond donors (Lipinski definition) is 2. The minimum atomic E-state index is -0.252. The summed E-state index contributed by atoms with van der Waals surface area (Å²) < 4.78 is 0. The smallest absolute Gasteiger partial charge is 0.318 e. The van der Waals surface area contributed by atoms with Crippen molar-refractivity contribution in [2.24, 2.45) is 5.73 Å². The standard InChI is InChI=1S/C16H19Cl2N3O/c1-11(2-3-12-4-5-14(17)15(18)10-12)20-16(22)21-8-6-13(19)7-9-21/h4-5,10-11,13H,6-9,19H2,1H3,(H,20,22). The molecule has 0 radical (unpaired) electrons. The Morgan fingerprint density at radius 2 is 2.05 bits per heavy atom. The van der Waals surface area contributed by atoms with Crippen LogP contribution in [0.3, 0.4) is 0 Å². The zero-order chi connectivity index (χ0) is 16.1. The first-order chi connectivity index (χ1) is 10.5.